The van der Waals surface area contributed by atoms with Crippen LogP contribution in [0.2, 0.25) is 0 Å². The molecule has 0 saturated carbocycles. The number of carbonyl (C=O) groups excluding carboxylic acids is 1. The van der Waals surface area contributed by atoms with Crippen LogP contribution in [0.4, 0.5) is 5.13 Å². The van der Waals surface area contributed by atoms with Crippen LogP contribution in [-0.2, 0) is 4.79 Å². The highest BCUT2D eigenvalue weighted by Gasteiger charge is 2.28. The highest BCUT2D eigenvalue weighted by Crippen LogP contribution is 2.29. The first-order valence-corrected chi connectivity index (χ1v) is 7.99. The molecule has 0 bridgehead atoms. The molecule has 1 N–H and O–H groups in total. The van der Waals surface area contributed by atoms with Gasteiger partial charge in [0.25, 0.3) is 0 Å². The van der Waals surface area contributed by atoms with Crippen molar-refractivity contribution in [1.82, 2.24) is 9.88 Å². The molecule has 0 spiro atoms. The van der Waals surface area contributed by atoms with Gasteiger partial charge in [-0.1, -0.05) is 29.4 Å². The molecule has 0 aliphatic carbocycles. The smallest absolute Gasteiger partial charge is 0.231 e. The van der Waals surface area contributed by atoms with Gasteiger partial charge < -0.3 is 10.2 Å². The third-order valence-corrected chi connectivity index (χ3v) is 4.73. The molecule has 23 heavy (non-hydrogen) atoms. The summed E-state index contributed by atoms with van der Waals surface area (Å²) >= 11 is 1.42. The topological polar surface area (TPSA) is 69.0 Å². The zero-order valence-corrected chi connectivity index (χ0v) is 13.1. The number of amides is 1. The average molecular weight is 322 g/mol. The molecule has 2 aromatic rings. The third-order valence-electron chi connectivity index (χ3n) is 3.77. The first-order valence-electron chi connectivity index (χ1n) is 7.18. The van der Waals surface area contributed by atoms with Gasteiger partial charge in [0, 0.05) is 24.8 Å². The SMILES string of the molecule is C#Cc1ccc(-c2cnc(NC(=O)[C@H]3CCN(C#N)C3)s2)cc1. The number of carbonyl (C=O) groups is 1. The quantitative estimate of drug-likeness (QED) is 0.696. The lowest BCUT2D eigenvalue weighted by Crippen LogP contribution is -2.25. The minimum absolute atomic E-state index is 0.0775. The number of benzene rings is 1. The Morgan fingerprint density at radius 3 is 2.87 bits per heavy atom. The van der Waals surface area contributed by atoms with Crippen molar-refractivity contribution < 1.29 is 4.79 Å². The van der Waals surface area contributed by atoms with Gasteiger partial charge in [0.05, 0.1) is 10.8 Å². The van der Waals surface area contributed by atoms with Crippen molar-refractivity contribution in [3.05, 3.63) is 36.0 Å². The number of hydrogen-bond donors (Lipinski definition) is 1. The Balaban J connectivity index is 1.66. The van der Waals surface area contributed by atoms with Crippen molar-refractivity contribution in [1.29, 1.82) is 5.26 Å². The second-order valence-electron chi connectivity index (χ2n) is 5.27. The van der Waals surface area contributed by atoms with Crippen LogP contribution in [-0.4, -0.2) is 28.9 Å². The maximum absolute atomic E-state index is 12.2. The summed E-state index contributed by atoms with van der Waals surface area (Å²) in [4.78, 5) is 19.0. The summed E-state index contributed by atoms with van der Waals surface area (Å²) in [5.41, 5.74) is 1.84. The predicted octanol–water partition coefficient (Wildman–Crippen LogP) is 2.53. The number of likely N-dealkylation sites (tertiary alicyclic amines) is 1. The standard InChI is InChI=1S/C17H14N4OS/c1-2-12-3-5-13(6-4-12)15-9-19-17(23-15)20-16(22)14-7-8-21(10-14)11-18/h1,3-6,9,14H,7-8,10H2,(H,19,20,22)/t14-/m0/s1. The van der Waals surface area contributed by atoms with Gasteiger partial charge in [0.15, 0.2) is 11.3 Å². The van der Waals surface area contributed by atoms with E-state index in [0.29, 0.717) is 24.6 Å². The van der Waals surface area contributed by atoms with E-state index >= 15 is 0 Å². The zero-order chi connectivity index (χ0) is 16.2. The van der Waals surface area contributed by atoms with Crippen molar-refractivity contribution >= 4 is 22.4 Å². The summed E-state index contributed by atoms with van der Waals surface area (Å²) in [7, 11) is 0. The normalized spacial score (nSPS) is 16.6. The molecule has 1 aromatic heterocycles. The Morgan fingerprint density at radius 1 is 1.43 bits per heavy atom. The van der Waals surface area contributed by atoms with Crippen molar-refractivity contribution in [3.63, 3.8) is 0 Å². The molecule has 2 heterocycles. The lowest BCUT2D eigenvalue weighted by atomic mass is 10.1. The molecule has 1 fully saturated rings. The van der Waals surface area contributed by atoms with Crippen LogP contribution in [0.3, 0.4) is 0 Å². The van der Waals surface area contributed by atoms with E-state index in [2.05, 4.69) is 22.4 Å². The Labute approximate surface area is 138 Å². The zero-order valence-electron chi connectivity index (χ0n) is 12.3. The van der Waals surface area contributed by atoms with Gasteiger partial charge in [0.2, 0.25) is 5.91 Å². The number of thiazole rings is 1. The first-order chi connectivity index (χ1) is 11.2. The second kappa shape index (κ2) is 6.51. The van der Waals surface area contributed by atoms with Crippen LogP contribution in [0.15, 0.2) is 30.5 Å². The van der Waals surface area contributed by atoms with Crippen LogP contribution >= 0.6 is 11.3 Å². The van der Waals surface area contributed by atoms with E-state index < -0.39 is 0 Å². The molecule has 1 atom stereocenters. The van der Waals surface area contributed by atoms with E-state index in [1.807, 2.05) is 24.3 Å². The maximum Gasteiger partial charge on any atom is 0.231 e. The van der Waals surface area contributed by atoms with Gasteiger partial charge in [-0.15, -0.1) is 6.42 Å². The summed E-state index contributed by atoms with van der Waals surface area (Å²) in [6.07, 6.45) is 9.86. The number of terminal acetylenes is 1. The summed E-state index contributed by atoms with van der Waals surface area (Å²) in [5.74, 6) is 2.35. The maximum atomic E-state index is 12.2. The van der Waals surface area contributed by atoms with Gasteiger partial charge in [-0.25, -0.2) is 4.98 Å². The van der Waals surface area contributed by atoms with E-state index in [-0.39, 0.29) is 11.8 Å². The van der Waals surface area contributed by atoms with Crippen molar-refractivity contribution in [2.45, 2.75) is 6.42 Å². The molecule has 114 valence electrons. The van der Waals surface area contributed by atoms with Gasteiger partial charge >= 0.3 is 0 Å². The van der Waals surface area contributed by atoms with Crippen molar-refractivity contribution in [2.75, 3.05) is 18.4 Å². The Hall–Kier alpha value is -2.83. The molecule has 1 aliphatic rings. The van der Waals surface area contributed by atoms with Crippen LogP contribution in [0, 0.1) is 29.7 Å². The molecule has 3 rings (SSSR count). The summed E-state index contributed by atoms with van der Waals surface area (Å²) in [6, 6.07) is 7.64. The molecule has 6 heteroatoms. The van der Waals surface area contributed by atoms with E-state index in [4.69, 9.17) is 11.7 Å². The molecular formula is C17H14N4OS. The van der Waals surface area contributed by atoms with E-state index in [1.54, 1.807) is 11.1 Å². The Bertz CT molecular complexity index is 797. The monoisotopic (exact) mass is 322 g/mol. The lowest BCUT2D eigenvalue weighted by Gasteiger charge is -2.08. The number of hydrogen-bond acceptors (Lipinski definition) is 5. The van der Waals surface area contributed by atoms with Crippen LogP contribution in [0.5, 0.6) is 0 Å². The molecule has 0 unspecified atom stereocenters. The number of rotatable bonds is 3. The molecule has 1 amide bonds. The second-order valence-corrected chi connectivity index (χ2v) is 6.30. The highest BCUT2D eigenvalue weighted by molar-refractivity contribution is 7.19. The third kappa shape index (κ3) is 3.33. The molecule has 1 aliphatic heterocycles. The fourth-order valence-corrected chi connectivity index (χ4v) is 3.29. The minimum Gasteiger partial charge on any atom is -0.310 e. The van der Waals surface area contributed by atoms with Gasteiger partial charge in [0.1, 0.15) is 0 Å². The van der Waals surface area contributed by atoms with E-state index in [9.17, 15) is 4.79 Å². The van der Waals surface area contributed by atoms with Gasteiger partial charge in [-0.2, -0.15) is 5.26 Å². The number of nitriles is 1. The molecule has 0 radical (unpaired) electrons. The first kappa shape index (κ1) is 15.1. The fraction of sp³-hybridized carbons (Fsp3) is 0.235. The molecular weight excluding hydrogens is 308 g/mol. The average Bonchev–Trinajstić information content (AvgIpc) is 3.24. The minimum atomic E-state index is -0.156. The van der Waals surface area contributed by atoms with Gasteiger partial charge in [-0.3, -0.25) is 4.79 Å². The summed E-state index contributed by atoms with van der Waals surface area (Å²) < 4.78 is 0. The van der Waals surface area contributed by atoms with E-state index in [1.165, 1.54) is 11.3 Å². The van der Waals surface area contributed by atoms with Gasteiger partial charge in [-0.05, 0) is 24.1 Å². The lowest BCUT2D eigenvalue weighted by molar-refractivity contribution is -0.119. The largest absolute Gasteiger partial charge is 0.310 e. The fourth-order valence-electron chi connectivity index (χ4n) is 2.47. The summed E-state index contributed by atoms with van der Waals surface area (Å²) in [5, 5.41) is 12.3. The number of aromatic nitrogens is 1. The molecule has 5 nitrogen and oxygen atoms in total. The number of anilines is 1. The summed E-state index contributed by atoms with van der Waals surface area (Å²) in [6.45, 7) is 1.12. The van der Waals surface area contributed by atoms with Crippen LogP contribution in [0.1, 0.15) is 12.0 Å². The van der Waals surface area contributed by atoms with Crippen LogP contribution in [0.25, 0.3) is 10.4 Å². The Kier molecular flexibility index (Phi) is 4.27. The van der Waals surface area contributed by atoms with E-state index in [0.717, 1.165) is 16.0 Å². The highest BCUT2D eigenvalue weighted by atomic mass is 32.1. The Morgan fingerprint density at radius 2 is 2.22 bits per heavy atom. The molecule has 1 saturated heterocycles. The molecule has 1 aromatic carbocycles. The van der Waals surface area contributed by atoms with Crippen molar-refractivity contribution in [2.24, 2.45) is 5.92 Å². The predicted molar refractivity (Wildman–Crippen MR) is 89.4 cm³/mol. The van der Waals surface area contributed by atoms with Crippen molar-refractivity contribution in [3.8, 4) is 29.0 Å². The number of nitrogens with zero attached hydrogens (tertiary/aromatic N) is 3. The number of nitrogens with one attached hydrogen (secondary N) is 1. The van der Waals surface area contributed by atoms with Crippen LogP contribution < -0.4 is 5.32 Å².